The highest BCUT2D eigenvalue weighted by Gasteiger charge is 2.35. The molecule has 156 valence electrons. The second-order valence-corrected chi connectivity index (χ2v) is 8.67. The third-order valence-corrected chi connectivity index (χ3v) is 6.44. The van der Waals surface area contributed by atoms with E-state index < -0.39 is 0 Å². The Morgan fingerprint density at radius 1 is 1.14 bits per heavy atom. The van der Waals surface area contributed by atoms with E-state index >= 15 is 0 Å². The van der Waals surface area contributed by atoms with E-state index in [1.165, 1.54) is 0 Å². The van der Waals surface area contributed by atoms with Gasteiger partial charge in [0, 0.05) is 78.0 Å². The first-order valence-electron chi connectivity index (χ1n) is 10.0. The standard InChI is InChI=1S/C20H32N4O3S/c1-21(2)20(26)23-8-4-18(14-23)24(17-5-11-27-12-6-17)10-9-22(3)19(25)16-7-13-28-15-16/h7,13,15,17-18H,4-6,8-12,14H2,1-3H3. The minimum absolute atomic E-state index is 0.0732. The molecule has 7 nitrogen and oxygen atoms in total. The predicted octanol–water partition coefficient (Wildman–Crippen LogP) is 2.06. The van der Waals surface area contributed by atoms with Crippen LogP contribution in [0.3, 0.4) is 0 Å². The van der Waals surface area contributed by atoms with Crippen LogP contribution >= 0.6 is 11.3 Å². The van der Waals surface area contributed by atoms with E-state index in [1.807, 2.05) is 33.7 Å². The zero-order valence-electron chi connectivity index (χ0n) is 17.2. The summed E-state index contributed by atoms with van der Waals surface area (Å²) in [6.45, 7) is 4.65. The fraction of sp³-hybridized carbons (Fsp3) is 0.700. The van der Waals surface area contributed by atoms with Gasteiger partial charge in [0.15, 0.2) is 0 Å². The number of amides is 3. The maximum Gasteiger partial charge on any atom is 0.319 e. The normalized spacial score (nSPS) is 20.6. The van der Waals surface area contributed by atoms with Crippen LogP contribution in [0, 0.1) is 0 Å². The van der Waals surface area contributed by atoms with Crippen LogP contribution < -0.4 is 0 Å². The van der Waals surface area contributed by atoms with Crippen molar-refractivity contribution in [1.29, 1.82) is 0 Å². The van der Waals surface area contributed by atoms with E-state index in [9.17, 15) is 9.59 Å². The Morgan fingerprint density at radius 2 is 1.89 bits per heavy atom. The Labute approximate surface area is 171 Å². The summed E-state index contributed by atoms with van der Waals surface area (Å²) in [6.07, 6.45) is 3.01. The molecule has 0 aromatic carbocycles. The van der Waals surface area contributed by atoms with Crippen LogP contribution in [0.5, 0.6) is 0 Å². The number of urea groups is 1. The molecule has 0 spiro atoms. The van der Waals surface area contributed by atoms with Crippen LogP contribution in [0.15, 0.2) is 16.8 Å². The number of likely N-dealkylation sites (N-methyl/N-ethyl adjacent to an activating group) is 1. The van der Waals surface area contributed by atoms with Crippen LogP contribution in [0.1, 0.15) is 29.6 Å². The fourth-order valence-corrected chi connectivity index (χ4v) is 4.75. The van der Waals surface area contributed by atoms with Crippen molar-refractivity contribution in [3.05, 3.63) is 22.4 Å². The highest BCUT2D eigenvalue weighted by molar-refractivity contribution is 7.08. The largest absolute Gasteiger partial charge is 0.381 e. The summed E-state index contributed by atoms with van der Waals surface area (Å²) in [5.74, 6) is 0.0732. The van der Waals surface area contributed by atoms with E-state index in [-0.39, 0.29) is 11.9 Å². The van der Waals surface area contributed by atoms with Gasteiger partial charge in [0.25, 0.3) is 5.91 Å². The highest BCUT2D eigenvalue weighted by Crippen LogP contribution is 2.24. The van der Waals surface area contributed by atoms with Crippen molar-refractivity contribution in [2.75, 3.05) is 60.5 Å². The lowest BCUT2D eigenvalue weighted by Crippen LogP contribution is -2.50. The number of hydrogen-bond donors (Lipinski definition) is 0. The first kappa shape index (κ1) is 21.1. The Bertz CT molecular complexity index is 646. The van der Waals surface area contributed by atoms with Gasteiger partial charge >= 0.3 is 6.03 Å². The number of likely N-dealkylation sites (tertiary alicyclic amines) is 1. The van der Waals surface area contributed by atoms with Crippen LogP contribution in [0.4, 0.5) is 4.79 Å². The molecule has 1 atom stereocenters. The Kier molecular flexibility index (Phi) is 7.31. The van der Waals surface area contributed by atoms with Gasteiger partial charge in [-0.25, -0.2) is 4.79 Å². The Hall–Kier alpha value is -1.64. The molecule has 3 heterocycles. The van der Waals surface area contributed by atoms with E-state index in [0.717, 1.165) is 57.7 Å². The zero-order chi connectivity index (χ0) is 20.1. The van der Waals surface area contributed by atoms with Gasteiger partial charge in [-0.2, -0.15) is 11.3 Å². The third-order valence-electron chi connectivity index (χ3n) is 5.75. The first-order chi connectivity index (χ1) is 13.5. The first-order valence-corrected chi connectivity index (χ1v) is 11.0. The molecule has 0 bridgehead atoms. The van der Waals surface area contributed by atoms with Crippen LogP contribution in [0.2, 0.25) is 0 Å². The lowest BCUT2D eigenvalue weighted by molar-refractivity contribution is 0.0151. The molecule has 0 radical (unpaired) electrons. The second kappa shape index (κ2) is 9.71. The van der Waals surface area contributed by atoms with Crippen molar-refractivity contribution in [3.8, 4) is 0 Å². The minimum Gasteiger partial charge on any atom is -0.381 e. The molecule has 2 aliphatic rings. The van der Waals surface area contributed by atoms with E-state index in [1.54, 1.807) is 30.3 Å². The molecule has 0 N–H and O–H groups in total. The molecule has 0 saturated carbocycles. The van der Waals surface area contributed by atoms with Gasteiger partial charge in [0.2, 0.25) is 0 Å². The number of carbonyl (C=O) groups is 2. The summed E-state index contributed by atoms with van der Waals surface area (Å²) in [6, 6.07) is 2.76. The van der Waals surface area contributed by atoms with Crippen molar-refractivity contribution < 1.29 is 14.3 Å². The van der Waals surface area contributed by atoms with Gasteiger partial charge in [0.05, 0.1) is 5.56 Å². The number of carbonyl (C=O) groups excluding carboxylic acids is 2. The highest BCUT2D eigenvalue weighted by atomic mass is 32.1. The molecule has 2 aliphatic heterocycles. The molecular weight excluding hydrogens is 376 g/mol. The van der Waals surface area contributed by atoms with Crippen LogP contribution in [-0.4, -0.2) is 104 Å². The summed E-state index contributed by atoms with van der Waals surface area (Å²) in [5, 5.41) is 3.83. The van der Waals surface area contributed by atoms with E-state index in [0.29, 0.717) is 18.6 Å². The van der Waals surface area contributed by atoms with Crippen molar-refractivity contribution in [1.82, 2.24) is 19.6 Å². The zero-order valence-corrected chi connectivity index (χ0v) is 18.0. The lowest BCUT2D eigenvalue weighted by atomic mass is 10.0. The van der Waals surface area contributed by atoms with Crippen LogP contribution in [0.25, 0.3) is 0 Å². The van der Waals surface area contributed by atoms with Crippen molar-refractivity contribution in [3.63, 3.8) is 0 Å². The topological polar surface area (TPSA) is 56.3 Å². The van der Waals surface area contributed by atoms with Gasteiger partial charge in [-0.15, -0.1) is 0 Å². The molecule has 3 rings (SSSR count). The molecule has 8 heteroatoms. The molecule has 3 amide bonds. The number of rotatable bonds is 6. The third kappa shape index (κ3) is 5.04. The second-order valence-electron chi connectivity index (χ2n) is 7.89. The minimum atomic E-state index is 0.0732. The predicted molar refractivity (Wildman–Crippen MR) is 111 cm³/mol. The van der Waals surface area contributed by atoms with Gasteiger partial charge in [-0.1, -0.05) is 0 Å². The monoisotopic (exact) mass is 408 g/mol. The molecular formula is C20H32N4O3S. The van der Waals surface area contributed by atoms with Gasteiger partial charge < -0.3 is 19.4 Å². The smallest absolute Gasteiger partial charge is 0.319 e. The number of hydrogen-bond acceptors (Lipinski definition) is 5. The lowest BCUT2D eigenvalue weighted by Gasteiger charge is -2.39. The van der Waals surface area contributed by atoms with Crippen LogP contribution in [-0.2, 0) is 4.74 Å². The quantitative estimate of drug-likeness (QED) is 0.723. The van der Waals surface area contributed by atoms with E-state index in [4.69, 9.17) is 4.74 Å². The SMILES string of the molecule is CN(C)C(=O)N1CCC(N(CCN(C)C(=O)c2ccsc2)C2CCOCC2)C1. The summed E-state index contributed by atoms with van der Waals surface area (Å²) in [7, 11) is 5.48. The fourth-order valence-electron chi connectivity index (χ4n) is 4.12. The van der Waals surface area contributed by atoms with Crippen molar-refractivity contribution in [2.45, 2.75) is 31.3 Å². The molecule has 0 aliphatic carbocycles. The molecule has 1 aromatic heterocycles. The van der Waals surface area contributed by atoms with Crippen molar-refractivity contribution in [2.24, 2.45) is 0 Å². The summed E-state index contributed by atoms with van der Waals surface area (Å²) < 4.78 is 5.55. The van der Waals surface area contributed by atoms with Crippen molar-refractivity contribution >= 4 is 23.3 Å². The Morgan fingerprint density at radius 3 is 2.54 bits per heavy atom. The maximum absolute atomic E-state index is 12.6. The number of nitrogens with zero attached hydrogens (tertiary/aromatic N) is 4. The molecule has 1 aromatic rings. The van der Waals surface area contributed by atoms with E-state index in [2.05, 4.69) is 4.90 Å². The average Bonchev–Trinajstić information content (AvgIpc) is 3.40. The van der Waals surface area contributed by atoms with Gasteiger partial charge in [-0.05, 0) is 30.7 Å². The summed E-state index contributed by atoms with van der Waals surface area (Å²) in [5.41, 5.74) is 0.758. The number of ether oxygens (including phenoxy) is 1. The molecule has 2 fully saturated rings. The molecule has 1 unspecified atom stereocenters. The Balaban J connectivity index is 1.62. The molecule has 28 heavy (non-hydrogen) atoms. The maximum atomic E-state index is 12.6. The molecule has 2 saturated heterocycles. The average molecular weight is 409 g/mol. The summed E-state index contributed by atoms with van der Waals surface area (Å²) >= 11 is 1.54. The van der Waals surface area contributed by atoms with Gasteiger partial charge in [0.1, 0.15) is 0 Å². The van der Waals surface area contributed by atoms with Gasteiger partial charge in [-0.3, -0.25) is 9.69 Å². The summed E-state index contributed by atoms with van der Waals surface area (Å²) in [4.78, 5) is 32.8. The number of thiophene rings is 1.